The Morgan fingerprint density at radius 2 is 2.04 bits per heavy atom. The molecule has 0 atom stereocenters. The fraction of sp³-hybridized carbons (Fsp3) is 0.176. The van der Waals surface area contributed by atoms with E-state index in [4.69, 9.17) is 31.2 Å². The maximum absolute atomic E-state index is 6.06. The third kappa shape index (κ3) is 3.24. The number of pyridine rings is 1. The molecule has 0 saturated carbocycles. The van der Waals surface area contributed by atoms with Crippen molar-refractivity contribution in [1.82, 2.24) is 25.4 Å². The van der Waals surface area contributed by atoms with E-state index >= 15 is 0 Å². The van der Waals surface area contributed by atoms with Crippen LogP contribution in [-0.2, 0) is 6.61 Å². The average molecular weight is 387 g/mol. The van der Waals surface area contributed by atoms with Gasteiger partial charge in [0, 0.05) is 11.6 Å². The van der Waals surface area contributed by atoms with Crippen LogP contribution in [0.3, 0.4) is 0 Å². The zero-order valence-electron chi connectivity index (χ0n) is 14.5. The van der Waals surface area contributed by atoms with Crippen LogP contribution < -0.4 is 15.2 Å². The molecule has 0 aliphatic heterocycles. The number of hydrogen-bond donors (Lipinski definition) is 2. The monoisotopic (exact) mass is 386 g/mol. The molecule has 27 heavy (non-hydrogen) atoms. The lowest BCUT2D eigenvalue weighted by Gasteiger charge is -2.05. The number of aromatic nitrogens is 5. The summed E-state index contributed by atoms with van der Waals surface area (Å²) in [6.07, 6.45) is 0. The third-order valence-electron chi connectivity index (χ3n) is 3.93. The molecule has 3 N–H and O–H groups in total. The molecule has 1 aromatic carbocycles. The number of nitrogen functional groups attached to an aromatic ring is 1. The number of aromatic amines is 1. The van der Waals surface area contributed by atoms with Gasteiger partial charge in [0.15, 0.2) is 11.3 Å². The van der Waals surface area contributed by atoms with Crippen molar-refractivity contribution in [3.8, 4) is 23.0 Å². The van der Waals surface area contributed by atoms with Crippen LogP contribution >= 0.6 is 11.6 Å². The van der Waals surface area contributed by atoms with E-state index in [0.29, 0.717) is 45.0 Å². The second-order valence-corrected chi connectivity index (χ2v) is 6.11. The largest absolute Gasteiger partial charge is 0.495 e. The first-order valence-electron chi connectivity index (χ1n) is 7.95. The highest BCUT2D eigenvalue weighted by Crippen LogP contribution is 2.31. The highest BCUT2D eigenvalue weighted by molar-refractivity contribution is 6.32. The number of ether oxygens (including phenoxy) is 2. The highest BCUT2D eigenvalue weighted by Gasteiger charge is 2.16. The Bertz CT molecular complexity index is 1120. The molecule has 0 radical (unpaired) electrons. The van der Waals surface area contributed by atoms with Gasteiger partial charge in [0.2, 0.25) is 11.5 Å². The minimum atomic E-state index is 0.172. The number of benzene rings is 1. The van der Waals surface area contributed by atoms with Gasteiger partial charge in [-0.15, -0.1) is 5.10 Å². The van der Waals surface area contributed by atoms with Crippen LogP contribution in [0.4, 0.5) is 5.82 Å². The summed E-state index contributed by atoms with van der Waals surface area (Å²) in [4.78, 5) is 8.58. The first kappa shape index (κ1) is 17.1. The molecule has 10 heteroatoms. The molecule has 0 fully saturated rings. The summed E-state index contributed by atoms with van der Waals surface area (Å²) in [6, 6.07) is 6.89. The van der Waals surface area contributed by atoms with Crippen molar-refractivity contribution in [2.24, 2.45) is 0 Å². The van der Waals surface area contributed by atoms with E-state index in [1.54, 1.807) is 25.3 Å². The first-order chi connectivity index (χ1) is 13.0. The summed E-state index contributed by atoms with van der Waals surface area (Å²) in [5.41, 5.74) is 8.04. The number of hydrogen-bond acceptors (Lipinski definition) is 8. The van der Waals surface area contributed by atoms with E-state index < -0.39 is 0 Å². The van der Waals surface area contributed by atoms with E-state index in [1.807, 2.05) is 13.0 Å². The molecule has 3 heterocycles. The van der Waals surface area contributed by atoms with Gasteiger partial charge in [0.1, 0.15) is 29.6 Å². The molecule has 9 nitrogen and oxygen atoms in total. The number of methoxy groups -OCH3 is 1. The number of oxazole rings is 1. The maximum Gasteiger partial charge on any atom is 0.226 e. The fourth-order valence-corrected chi connectivity index (χ4v) is 2.75. The van der Waals surface area contributed by atoms with Crippen LogP contribution in [0.1, 0.15) is 11.5 Å². The Kier molecular flexibility index (Phi) is 4.28. The fourth-order valence-electron chi connectivity index (χ4n) is 2.56. The second-order valence-electron chi connectivity index (χ2n) is 5.70. The minimum absolute atomic E-state index is 0.172. The summed E-state index contributed by atoms with van der Waals surface area (Å²) in [5.74, 6) is 2.38. The number of halogens is 1. The molecule has 0 spiro atoms. The number of anilines is 1. The summed E-state index contributed by atoms with van der Waals surface area (Å²) in [6.45, 7) is 1.99. The number of rotatable bonds is 5. The van der Waals surface area contributed by atoms with Crippen molar-refractivity contribution in [3.05, 3.63) is 40.7 Å². The lowest BCUT2D eigenvalue weighted by molar-refractivity contribution is 0.302. The highest BCUT2D eigenvalue weighted by atomic mass is 35.5. The smallest absolute Gasteiger partial charge is 0.226 e. The van der Waals surface area contributed by atoms with Gasteiger partial charge < -0.3 is 19.6 Å². The lowest BCUT2D eigenvalue weighted by Crippen LogP contribution is -2.00. The zero-order valence-corrected chi connectivity index (χ0v) is 15.2. The van der Waals surface area contributed by atoms with Crippen molar-refractivity contribution in [1.29, 1.82) is 0 Å². The second kappa shape index (κ2) is 6.76. The van der Waals surface area contributed by atoms with E-state index in [9.17, 15) is 0 Å². The Balaban J connectivity index is 1.59. The summed E-state index contributed by atoms with van der Waals surface area (Å²) < 4.78 is 16.8. The van der Waals surface area contributed by atoms with Crippen molar-refractivity contribution in [2.75, 3.05) is 12.8 Å². The van der Waals surface area contributed by atoms with E-state index in [1.165, 1.54) is 0 Å². The topological polar surface area (TPSA) is 125 Å². The van der Waals surface area contributed by atoms with Crippen molar-refractivity contribution >= 4 is 28.6 Å². The molecule has 0 unspecified atom stereocenters. The van der Waals surface area contributed by atoms with Crippen molar-refractivity contribution in [3.63, 3.8) is 0 Å². The van der Waals surface area contributed by atoms with Crippen molar-refractivity contribution in [2.45, 2.75) is 13.5 Å². The number of nitrogens with zero attached hydrogens (tertiary/aromatic N) is 4. The number of nitrogens with two attached hydrogens (primary N) is 1. The molecule has 0 aliphatic rings. The van der Waals surface area contributed by atoms with E-state index in [0.717, 1.165) is 5.56 Å². The van der Waals surface area contributed by atoms with Crippen molar-refractivity contribution < 1.29 is 13.9 Å². The molecule has 0 saturated heterocycles. The number of aryl methyl sites for hydroxylation is 1. The third-order valence-corrected chi connectivity index (χ3v) is 4.24. The van der Waals surface area contributed by atoms with Gasteiger partial charge >= 0.3 is 0 Å². The first-order valence-corrected chi connectivity index (χ1v) is 8.33. The molecule has 0 bridgehead atoms. The van der Waals surface area contributed by atoms with Crippen LogP contribution in [-0.4, -0.2) is 32.5 Å². The summed E-state index contributed by atoms with van der Waals surface area (Å²) >= 11 is 6.06. The minimum Gasteiger partial charge on any atom is -0.495 e. The molecule has 138 valence electrons. The molecule has 3 aromatic heterocycles. The number of nitrogens with one attached hydrogen (secondary N) is 1. The predicted octanol–water partition coefficient (Wildman–Crippen LogP) is 3.14. The van der Waals surface area contributed by atoms with Gasteiger partial charge in [-0.25, -0.2) is 9.97 Å². The Labute approximate surface area is 158 Å². The predicted molar refractivity (Wildman–Crippen MR) is 98.7 cm³/mol. The van der Waals surface area contributed by atoms with Gasteiger partial charge in [-0.1, -0.05) is 11.6 Å². The average Bonchev–Trinajstić information content (AvgIpc) is 3.26. The standard InChI is InChI=1S/C17H15ClN6O3/c1-8-11(7-26-13-6-14(19)21-16-15(13)22-24-23-16)20-17(27-8)9-3-4-10(18)12(5-9)25-2/h3-6H,7H2,1-2H3,(H3,19,21,22,23,24). The SMILES string of the molecule is COc1cc(-c2nc(COc3cc(N)nc4n[nH]nc34)c(C)o2)ccc1Cl. The van der Waals surface area contributed by atoms with Gasteiger partial charge in [0.25, 0.3) is 0 Å². The molecule has 0 aliphatic carbocycles. The quantitative estimate of drug-likeness (QED) is 0.535. The van der Waals surface area contributed by atoms with Crippen LogP contribution in [0.2, 0.25) is 5.02 Å². The Morgan fingerprint density at radius 1 is 1.19 bits per heavy atom. The van der Waals surface area contributed by atoms with Gasteiger partial charge in [0.05, 0.1) is 12.1 Å². The molecule has 4 aromatic rings. The van der Waals surface area contributed by atoms with Gasteiger partial charge in [-0.3, -0.25) is 0 Å². The molecule has 4 rings (SSSR count). The van der Waals surface area contributed by atoms with Crippen LogP contribution in [0.15, 0.2) is 28.7 Å². The summed E-state index contributed by atoms with van der Waals surface area (Å²) in [5, 5.41) is 11.0. The Morgan fingerprint density at radius 3 is 2.85 bits per heavy atom. The van der Waals surface area contributed by atoms with E-state index in [-0.39, 0.29) is 12.4 Å². The summed E-state index contributed by atoms with van der Waals surface area (Å²) in [7, 11) is 1.55. The normalized spacial score (nSPS) is 11.1. The van der Waals surface area contributed by atoms with Crippen LogP contribution in [0.5, 0.6) is 11.5 Å². The molecular weight excluding hydrogens is 372 g/mol. The van der Waals surface area contributed by atoms with Crippen LogP contribution in [0, 0.1) is 6.92 Å². The van der Waals surface area contributed by atoms with Gasteiger partial charge in [-0.05, 0) is 25.1 Å². The molecular formula is C17H15ClN6O3. The lowest BCUT2D eigenvalue weighted by atomic mass is 10.2. The van der Waals surface area contributed by atoms with Gasteiger partial charge in [-0.2, -0.15) is 10.3 Å². The van der Waals surface area contributed by atoms with Crippen LogP contribution in [0.25, 0.3) is 22.6 Å². The zero-order chi connectivity index (χ0) is 19.0. The number of fused-ring (bicyclic) bond motifs is 1. The number of H-pyrrole nitrogens is 1. The Hall–Kier alpha value is -3.33. The maximum atomic E-state index is 6.06. The van der Waals surface area contributed by atoms with E-state index in [2.05, 4.69) is 25.4 Å². The molecule has 0 amide bonds.